The van der Waals surface area contributed by atoms with Crippen LogP contribution < -0.4 is 0 Å². The fraction of sp³-hybridized carbons (Fsp3) is 0.533. The molecule has 1 aliphatic carbocycles. The highest BCUT2D eigenvalue weighted by Gasteiger charge is 2.30. The molecule has 1 aromatic carbocycles. The average Bonchev–Trinajstić information content (AvgIpc) is 2.41. The van der Waals surface area contributed by atoms with E-state index in [0.29, 0.717) is 11.5 Å². The molecular formula is C15H18ClFO. The van der Waals surface area contributed by atoms with Gasteiger partial charge in [-0.2, -0.15) is 0 Å². The molecule has 0 aliphatic heterocycles. The van der Waals surface area contributed by atoms with Gasteiger partial charge in [0.25, 0.3) is 0 Å². The van der Waals surface area contributed by atoms with E-state index in [1.54, 1.807) is 6.07 Å². The van der Waals surface area contributed by atoms with Crippen LogP contribution in [-0.4, -0.2) is 5.78 Å². The van der Waals surface area contributed by atoms with E-state index < -0.39 is 5.82 Å². The van der Waals surface area contributed by atoms with Crippen molar-refractivity contribution in [1.82, 2.24) is 0 Å². The molecule has 0 N–H and O–H groups in total. The van der Waals surface area contributed by atoms with Crippen molar-refractivity contribution < 1.29 is 9.18 Å². The molecule has 0 saturated heterocycles. The number of ketones is 1. The van der Waals surface area contributed by atoms with Gasteiger partial charge in [-0.15, -0.1) is 0 Å². The summed E-state index contributed by atoms with van der Waals surface area (Å²) in [5, 5.41) is 0.0321. The molecular weight excluding hydrogens is 251 g/mol. The van der Waals surface area contributed by atoms with Crippen molar-refractivity contribution in [3.63, 3.8) is 0 Å². The van der Waals surface area contributed by atoms with E-state index in [2.05, 4.69) is 6.92 Å². The summed E-state index contributed by atoms with van der Waals surface area (Å²) < 4.78 is 13.1. The second-order valence-corrected chi connectivity index (χ2v) is 5.46. The van der Waals surface area contributed by atoms with Gasteiger partial charge >= 0.3 is 0 Å². The number of rotatable bonds is 3. The van der Waals surface area contributed by atoms with Gasteiger partial charge in [0.2, 0.25) is 0 Å². The first-order chi connectivity index (χ1) is 8.63. The van der Waals surface area contributed by atoms with E-state index in [1.165, 1.54) is 18.6 Å². The SMILES string of the molecule is CCC1CCCCC1C(=O)c1ccc(F)c(Cl)c1. The minimum atomic E-state index is -0.469. The molecule has 1 nitrogen and oxygen atoms in total. The number of hydrogen-bond acceptors (Lipinski definition) is 1. The summed E-state index contributed by atoms with van der Waals surface area (Å²) in [6, 6.07) is 4.28. The van der Waals surface area contributed by atoms with Crippen LogP contribution in [0.3, 0.4) is 0 Å². The number of carbonyl (C=O) groups excluding carboxylic acids is 1. The van der Waals surface area contributed by atoms with Crippen molar-refractivity contribution in [2.75, 3.05) is 0 Å². The van der Waals surface area contributed by atoms with Gasteiger partial charge in [-0.05, 0) is 37.0 Å². The third-order valence-electron chi connectivity index (χ3n) is 3.97. The van der Waals surface area contributed by atoms with Crippen molar-refractivity contribution in [3.8, 4) is 0 Å². The summed E-state index contributed by atoms with van der Waals surface area (Å²) in [6.07, 6.45) is 5.44. The quantitative estimate of drug-likeness (QED) is 0.714. The van der Waals surface area contributed by atoms with Gasteiger partial charge in [0, 0.05) is 11.5 Å². The lowest BCUT2D eigenvalue weighted by atomic mass is 9.74. The molecule has 18 heavy (non-hydrogen) atoms. The molecule has 2 unspecified atom stereocenters. The highest BCUT2D eigenvalue weighted by atomic mass is 35.5. The molecule has 1 aromatic rings. The van der Waals surface area contributed by atoms with Gasteiger partial charge in [0.1, 0.15) is 5.82 Å². The van der Waals surface area contributed by atoms with Crippen molar-refractivity contribution in [1.29, 1.82) is 0 Å². The highest BCUT2D eigenvalue weighted by Crippen LogP contribution is 2.34. The Morgan fingerprint density at radius 1 is 1.39 bits per heavy atom. The Morgan fingerprint density at radius 2 is 2.11 bits per heavy atom. The summed E-state index contributed by atoms with van der Waals surface area (Å²) in [5.41, 5.74) is 0.548. The summed E-state index contributed by atoms with van der Waals surface area (Å²) >= 11 is 5.74. The summed E-state index contributed by atoms with van der Waals surface area (Å²) in [5.74, 6) is 0.215. The van der Waals surface area contributed by atoms with Gasteiger partial charge in [-0.3, -0.25) is 4.79 Å². The Balaban J connectivity index is 2.21. The minimum Gasteiger partial charge on any atom is -0.294 e. The van der Waals surface area contributed by atoms with E-state index in [9.17, 15) is 9.18 Å². The van der Waals surface area contributed by atoms with Crippen LogP contribution in [0.25, 0.3) is 0 Å². The van der Waals surface area contributed by atoms with E-state index in [1.807, 2.05) is 0 Å². The first kappa shape index (κ1) is 13.5. The van der Waals surface area contributed by atoms with Crippen molar-refractivity contribution >= 4 is 17.4 Å². The molecule has 0 bridgehead atoms. The maximum absolute atomic E-state index is 13.1. The fourth-order valence-corrected chi connectivity index (χ4v) is 3.09. The highest BCUT2D eigenvalue weighted by molar-refractivity contribution is 6.31. The van der Waals surface area contributed by atoms with Gasteiger partial charge < -0.3 is 0 Å². The van der Waals surface area contributed by atoms with Crippen molar-refractivity contribution in [3.05, 3.63) is 34.6 Å². The van der Waals surface area contributed by atoms with Gasteiger partial charge in [0.15, 0.2) is 5.78 Å². The zero-order valence-corrected chi connectivity index (χ0v) is 11.3. The standard InChI is InChI=1S/C15H18ClFO/c1-2-10-5-3-4-6-12(10)15(18)11-7-8-14(17)13(16)9-11/h7-10,12H,2-6H2,1H3. The lowest BCUT2D eigenvalue weighted by Crippen LogP contribution is -2.27. The van der Waals surface area contributed by atoms with E-state index in [-0.39, 0.29) is 16.7 Å². The Kier molecular flexibility index (Phi) is 4.39. The molecule has 0 heterocycles. The third kappa shape index (κ3) is 2.74. The van der Waals surface area contributed by atoms with Crippen LogP contribution in [0.2, 0.25) is 5.02 Å². The molecule has 98 valence electrons. The van der Waals surface area contributed by atoms with Crippen LogP contribution >= 0.6 is 11.6 Å². The van der Waals surface area contributed by atoms with Crippen molar-refractivity contribution in [2.45, 2.75) is 39.0 Å². The van der Waals surface area contributed by atoms with E-state index in [4.69, 9.17) is 11.6 Å². The molecule has 1 fully saturated rings. The summed E-state index contributed by atoms with van der Waals surface area (Å²) in [6.45, 7) is 2.13. The Bertz CT molecular complexity index is 444. The summed E-state index contributed by atoms with van der Waals surface area (Å²) in [4.78, 5) is 12.5. The predicted octanol–water partition coefficient (Wildman–Crippen LogP) is 4.88. The predicted molar refractivity (Wildman–Crippen MR) is 71.5 cm³/mol. The topological polar surface area (TPSA) is 17.1 Å². The number of Topliss-reactive ketones (excluding diaryl/α,β-unsaturated/α-hetero) is 1. The monoisotopic (exact) mass is 268 g/mol. The van der Waals surface area contributed by atoms with Gasteiger partial charge in [-0.25, -0.2) is 4.39 Å². The van der Waals surface area contributed by atoms with Crippen LogP contribution in [0.1, 0.15) is 49.4 Å². The largest absolute Gasteiger partial charge is 0.294 e. The minimum absolute atomic E-state index is 0.0321. The van der Waals surface area contributed by atoms with E-state index >= 15 is 0 Å². The molecule has 0 radical (unpaired) electrons. The second kappa shape index (κ2) is 5.83. The Morgan fingerprint density at radius 3 is 2.78 bits per heavy atom. The number of hydrogen-bond donors (Lipinski definition) is 0. The third-order valence-corrected chi connectivity index (χ3v) is 4.26. The zero-order chi connectivity index (χ0) is 13.1. The number of halogens is 2. The molecule has 2 rings (SSSR count). The first-order valence-electron chi connectivity index (χ1n) is 6.62. The number of benzene rings is 1. The fourth-order valence-electron chi connectivity index (χ4n) is 2.90. The smallest absolute Gasteiger partial charge is 0.166 e. The van der Waals surface area contributed by atoms with Crippen LogP contribution in [-0.2, 0) is 0 Å². The lowest BCUT2D eigenvalue weighted by molar-refractivity contribution is 0.0820. The Hall–Kier alpha value is -0.890. The maximum Gasteiger partial charge on any atom is 0.166 e. The Labute approximate surface area is 112 Å². The zero-order valence-electron chi connectivity index (χ0n) is 10.6. The molecule has 2 atom stereocenters. The maximum atomic E-state index is 13.1. The van der Waals surface area contributed by atoms with Crippen LogP contribution in [0.4, 0.5) is 4.39 Å². The average molecular weight is 269 g/mol. The molecule has 3 heteroatoms. The van der Waals surface area contributed by atoms with Gasteiger partial charge in [-0.1, -0.05) is 37.8 Å². The molecule has 1 aliphatic rings. The molecule has 1 saturated carbocycles. The molecule has 0 aromatic heterocycles. The van der Waals surface area contributed by atoms with Crippen LogP contribution in [0.15, 0.2) is 18.2 Å². The molecule has 0 amide bonds. The van der Waals surface area contributed by atoms with E-state index in [0.717, 1.165) is 25.7 Å². The normalized spacial score (nSPS) is 23.9. The van der Waals surface area contributed by atoms with Crippen LogP contribution in [0.5, 0.6) is 0 Å². The first-order valence-corrected chi connectivity index (χ1v) is 7.00. The lowest BCUT2D eigenvalue weighted by Gasteiger charge is -2.29. The number of carbonyl (C=O) groups is 1. The van der Waals surface area contributed by atoms with Gasteiger partial charge in [0.05, 0.1) is 5.02 Å². The second-order valence-electron chi connectivity index (χ2n) is 5.05. The van der Waals surface area contributed by atoms with Crippen LogP contribution in [0, 0.1) is 17.7 Å². The summed E-state index contributed by atoms with van der Waals surface area (Å²) in [7, 11) is 0. The van der Waals surface area contributed by atoms with Crippen molar-refractivity contribution in [2.24, 2.45) is 11.8 Å². The molecule has 0 spiro atoms.